The summed E-state index contributed by atoms with van der Waals surface area (Å²) >= 11 is 3.02. The van der Waals surface area contributed by atoms with Crippen molar-refractivity contribution >= 4 is 34.4 Å². The van der Waals surface area contributed by atoms with E-state index in [4.69, 9.17) is 4.98 Å². The van der Waals surface area contributed by atoms with E-state index in [1.165, 1.54) is 11.8 Å². The van der Waals surface area contributed by atoms with Crippen LogP contribution in [-0.2, 0) is 5.75 Å². The van der Waals surface area contributed by atoms with E-state index in [0.29, 0.717) is 21.8 Å². The summed E-state index contributed by atoms with van der Waals surface area (Å²) in [5, 5.41) is 10.8. The van der Waals surface area contributed by atoms with Gasteiger partial charge < -0.3 is 0 Å². The number of hydrogen-bond donors (Lipinski definition) is 0. The van der Waals surface area contributed by atoms with Crippen LogP contribution in [0.1, 0.15) is 5.82 Å². The Morgan fingerprint density at radius 3 is 2.06 bits per heavy atom. The molecule has 0 spiro atoms. The molecule has 0 saturated heterocycles. The van der Waals surface area contributed by atoms with Gasteiger partial charge in [0.25, 0.3) is 5.56 Å². The van der Waals surface area contributed by atoms with Crippen LogP contribution in [0, 0.1) is 0 Å². The number of para-hydroxylation sites is 3. The monoisotopic (exact) mass is 457 g/mol. The molecule has 0 aliphatic carbocycles. The maximum absolute atomic E-state index is 13.4. The SMILES string of the molecule is CSc1nnc(CSc2nc3ccccc3c(=O)n2-c2ccccc2)n1-c1ccccc1. The quantitative estimate of drug-likeness (QED) is 0.265. The summed E-state index contributed by atoms with van der Waals surface area (Å²) in [4.78, 5) is 18.2. The van der Waals surface area contributed by atoms with Crippen molar-refractivity contribution in [3.8, 4) is 11.4 Å². The number of benzene rings is 3. The Balaban J connectivity index is 1.59. The van der Waals surface area contributed by atoms with Crippen molar-refractivity contribution in [1.82, 2.24) is 24.3 Å². The fraction of sp³-hybridized carbons (Fsp3) is 0.0833. The van der Waals surface area contributed by atoms with Gasteiger partial charge in [0.2, 0.25) is 0 Å². The Morgan fingerprint density at radius 1 is 0.750 bits per heavy atom. The zero-order chi connectivity index (χ0) is 21.9. The van der Waals surface area contributed by atoms with Gasteiger partial charge in [-0.2, -0.15) is 0 Å². The Labute approximate surface area is 193 Å². The van der Waals surface area contributed by atoms with Gasteiger partial charge in [0.05, 0.1) is 22.3 Å². The number of hydrogen-bond acceptors (Lipinski definition) is 6. The number of rotatable bonds is 6. The predicted molar refractivity (Wildman–Crippen MR) is 130 cm³/mol. The second-order valence-electron chi connectivity index (χ2n) is 6.95. The third kappa shape index (κ3) is 3.83. The maximum atomic E-state index is 13.4. The molecule has 0 bridgehead atoms. The summed E-state index contributed by atoms with van der Waals surface area (Å²) in [6, 6.07) is 27.1. The summed E-state index contributed by atoms with van der Waals surface area (Å²) in [5.74, 6) is 1.31. The minimum absolute atomic E-state index is 0.0846. The predicted octanol–water partition coefficient (Wildman–Crippen LogP) is 4.98. The molecule has 6 nitrogen and oxygen atoms in total. The van der Waals surface area contributed by atoms with E-state index in [9.17, 15) is 4.79 Å². The van der Waals surface area contributed by atoms with Crippen LogP contribution in [0.15, 0.2) is 100 Å². The van der Waals surface area contributed by atoms with Crippen LogP contribution in [0.25, 0.3) is 22.3 Å². The highest BCUT2D eigenvalue weighted by molar-refractivity contribution is 7.98. The van der Waals surface area contributed by atoms with Crippen molar-refractivity contribution in [3.63, 3.8) is 0 Å². The molecule has 5 aromatic rings. The summed E-state index contributed by atoms with van der Waals surface area (Å²) in [7, 11) is 0. The van der Waals surface area contributed by atoms with Gasteiger partial charge in [0, 0.05) is 5.69 Å². The van der Waals surface area contributed by atoms with Crippen molar-refractivity contribution in [2.45, 2.75) is 16.1 Å². The minimum atomic E-state index is -0.0846. The van der Waals surface area contributed by atoms with Gasteiger partial charge in [-0.25, -0.2) is 4.98 Å². The first kappa shape index (κ1) is 20.5. The highest BCUT2D eigenvalue weighted by Gasteiger charge is 2.17. The number of aromatic nitrogens is 5. The molecule has 0 aliphatic rings. The van der Waals surface area contributed by atoms with Gasteiger partial charge in [0.1, 0.15) is 5.82 Å². The van der Waals surface area contributed by atoms with E-state index in [1.807, 2.05) is 95.8 Å². The molecule has 0 unspecified atom stereocenters. The molecule has 158 valence electrons. The normalized spacial score (nSPS) is 11.2. The van der Waals surface area contributed by atoms with Gasteiger partial charge >= 0.3 is 0 Å². The average Bonchev–Trinajstić information content (AvgIpc) is 3.27. The van der Waals surface area contributed by atoms with Crippen LogP contribution in [0.5, 0.6) is 0 Å². The number of nitrogens with zero attached hydrogens (tertiary/aromatic N) is 5. The smallest absolute Gasteiger partial charge is 0.266 e. The fourth-order valence-electron chi connectivity index (χ4n) is 3.51. The van der Waals surface area contributed by atoms with Gasteiger partial charge in [-0.1, -0.05) is 72.1 Å². The highest BCUT2D eigenvalue weighted by Crippen LogP contribution is 2.27. The van der Waals surface area contributed by atoms with Gasteiger partial charge in [-0.05, 0) is 42.7 Å². The van der Waals surface area contributed by atoms with E-state index in [1.54, 1.807) is 16.3 Å². The van der Waals surface area contributed by atoms with Crippen LogP contribution in [0.2, 0.25) is 0 Å². The van der Waals surface area contributed by atoms with Crippen LogP contribution in [0.4, 0.5) is 0 Å². The van der Waals surface area contributed by atoms with Crippen molar-refractivity contribution < 1.29 is 0 Å². The Kier molecular flexibility index (Phi) is 5.79. The van der Waals surface area contributed by atoms with Crippen molar-refractivity contribution in [3.05, 3.63) is 101 Å². The molecule has 2 heterocycles. The molecule has 0 radical (unpaired) electrons. The van der Waals surface area contributed by atoms with E-state index in [-0.39, 0.29) is 5.56 Å². The maximum Gasteiger partial charge on any atom is 0.266 e. The first-order chi connectivity index (χ1) is 15.8. The molecule has 0 fully saturated rings. The average molecular weight is 458 g/mol. The van der Waals surface area contributed by atoms with Crippen LogP contribution in [-0.4, -0.2) is 30.6 Å². The lowest BCUT2D eigenvalue weighted by molar-refractivity contribution is 0.816. The van der Waals surface area contributed by atoms with Crippen LogP contribution < -0.4 is 5.56 Å². The molecule has 0 N–H and O–H groups in total. The lowest BCUT2D eigenvalue weighted by Crippen LogP contribution is -2.21. The lowest BCUT2D eigenvalue weighted by atomic mass is 10.2. The third-order valence-electron chi connectivity index (χ3n) is 4.99. The lowest BCUT2D eigenvalue weighted by Gasteiger charge is -2.13. The van der Waals surface area contributed by atoms with Crippen LogP contribution >= 0.6 is 23.5 Å². The van der Waals surface area contributed by atoms with Gasteiger partial charge in [-0.15, -0.1) is 10.2 Å². The fourth-order valence-corrected chi connectivity index (χ4v) is 4.95. The zero-order valence-corrected chi connectivity index (χ0v) is 18.9. The van der Waals surface area contributed by atoms with Gasteiger partial charge in [0.15, 0.2) is 10.3 Å². The molecule has 8 heteroatoms. The topological polar surface area (TPSA) is 65.6 Å². The Bertz CT molecular complexity index is 1430. The largest absolute Gasteiger partial charge is 0.273 e. The van der Waals surface area contributed by atoms with E-state index in [2.05, 4.69) is 10.2 Å². The molecule has 32 heavy (non-hydrogen) atoms. The Morgan fingerprint density at radius 2 is 1.38 bits per heavy atom. The summed E-state index contributed by atoms with van der Waals surface area (Å²) < 4.78 is 3.72. The van der Waals surface area contributed by atoms with Crippen molar-refractivity contribution in [2.24, 2.45) is 0 Å². The molecule has 3 aromatic carbocycles. The molecule has 0 saturated carbocycles. The van der Waals surface area contributed by atoms with Gasteiger partial charge in [-0.3, -0.25) is 13.9 Å². The van der Waals surface area contributed by atoms with E-state index >= 15 is 0 Å². The summed E-state index contributed by atoms with van der Waals surface area (Å²) in [5.41, 5.74) is 2.39. The second kappa shape index (κ2) is 9.02. The molecule has 5 rings (SSSR count). The van der Waals surface area contributed by atoms with E-state index in [0.717, 1.165) is 22.4 Å². The van der Waals surface area contributed by atoms with E-state index < -0.39 is 0 Å². The zero-order valence-electron chi connectivity index (χ0n) is 17.3. The van der Waals surface area contributed by atoms with Crippen molar-refractivity contribution in [1.29, 1.82) is 0 Å². The molecule has 2 aromatic heterocycles. The first-order valence-corrected chi connectivity index (χ1v) is 12.2. The standard InChI is InChI=1S/C24H19N5OS2/c1-31-24-27-26-21(28(24)17-10-4-2-5-11-17)16-32-23-25-20-15-9-8-14-19(20)22(30)29(23)18-12-6-3-7-13-18/h2-15H,16H2,1H3. The van der Waals surface area contributed by atoms with Crippen LogP contribution in [0.3, 0.4) is 0 Å². The first-order valence-electron chi connectivity index (χ1n) is 10.00. The molecule has 0 atom stereocenters. The molecule has 0 amide bonds. The molecular weight excluding hydrogens is 438 g/mol. The summed E-state index contributed by atoms with van der Waals surface area (Å²) in [6.45, 7) is 0. The minimum Gasteiger partial charge on any atom is -0.273 e. The Hall–Kier alpha value is -3.36. The number of thioether (sulfide) groups is 2. The third-order valence-corrected chi connectivity index (χ3v) is 6.55. The van der Waals surface area contributed by atoms with Crippen molar-refractivity contribution in [2.75, 3.05) is 6.26 Å². The number of fused-ring (bicyclic) bond motifs is 1. The summed E-state index contributed by atoms with van der Waals surface area (Å²) in [6.07, 6.45) is 1.98. The highest BCUT2D eigenvalue weighted by atomic mass is 32.2. The molecular formula is C24H19N5OS2. The second-order valence-corrected chi connectivity index (χ2v) is 8.67. The molecule has 0 aliphatic heterocycles.